The van der Waals surface area contributed by atoms with Gasteiger partial charge < -0.3 is 10.2 Å². The van der Waals surface area contributed by atoms with E-state index in [4.69, 9.17) is 11.6 Å². The molecule has 0 aromatic heterocycles. The van der Waals surface area contributed by atoms with Crippen molar-refractivity contribution >= 4 is 33.9 Å². The number of carbonyl (C=O) groups is 2. The van der Waals surface area contributed by atoms with E-state index in [9.17, 15) is 19.8 Å². The summed E-state index contributed by atoms with van der Waals surface area (Å²) in [6.45, 7) is 1.75. The van der Waals surface area contributed by atoms with Crippen molar-refractivity contribution in [3.63, 3.8) is 0 Å². The maximum Gasteiger partial charge on any atom is 0.198 e. The molecule has 3 aromatic carbocycles. The molecule has 4 nitrogen and oxygen atoms in total. The molecule has 0 atom stereocenters. The molecule has 118 valence electrons. The van der Waals surface area contributed by atoms with Crippen molar-refractivity contribution in [1.82, 2.24) is 0 Å². The van der Waals surface area contributed by atoms with Gasteiger partial charge in [-0.3, -0.25) is 9.59 Å². The number of hydrogen-bond donors (Lipinski definition) is 2. The van der Waals surface area contributed by atoms with Gasteiger partial charge in [-0.2, -0.15) is 0 Å². The molecule has 5 heteroatoms. The number of aromatic hydroxyl groups is 2. The second kappa shape index (κ2) is 4.82. The number of fused-ring (bicyclic) bond motifs is 3. The Hall–Kier alpha value is -2.85. The summed E-state index contributed by atoms with van der Waals surface area (Å²) in [6.07, 6.45) is 0. The van der Waals surface area contributed by atoms with Gasteiger partial charge in [0.05, 0.1) is 11.1 Å². The molecule has 0 unspecified atom stereocenters. The number of benzene rings is 3. The molecule has 2 N–H and O–H groups in total. The zero-order valence-electron chi connectivity index (χ0n) is 12.6. The predicted molar refractivity (Wildman–Crippen MR) is 90.3 cm³/mol. The molecule has 0 aliphatic heterocycles. The van der Waals surface area contributed by atoms with E-state index in [0.717, 1.165) is 0 Å². The molecular formula is C19H11ClO4. The fourth-order valence-electron chi connectivity index (χ4n) is 3.17. The van der Waals surface area contributed by atoms with Crippen LogP contribution in [-0.2, 0) is 0 Å². The molecule has 0 saturated heterocycles. The third kappa shape index (κ3) is 1.74. The van der Waals surface area contributed by atoms with Crippen molar-refractivity contribution in [3.8, 4) is 11.5 Å². The molecule has 1 aliphatic carbocycles. The molecule has 0 spiro atoms. The zero-order chi connectivity index (χ0) is 17.2. The van der Waals surface area contributed by atoms with Crippen LogP contribution in [0.25, 0.3) is 10.8 Å². The van der Waals surface area contributed by atoms with Gasteiger partial charge in [-0.1, -0.05) is 35.9 Å². The van der Waals surface area contributed by atoms with Gasteiger partial charge in [0.15, 0.2) is 11.6 Å². The normalized spacial score (nSPS) is 13.1. The van der Waals surface area contributed by atoms with E-state index >= 15 is 0 Å². The quantitative estimate of drug-likeness (QED) is 0.475. The molecule has 0 bridgehead atoms. The van der Waals surface area contributed by atoms with Crippen molar-refractivity contribution in [2.24, 2.45) is 0 Å². The number of phenols is 2. The molecule has 0 saturated carbocycles. The van der Waals surface area contributed by atoms with Crippen molar-refractivity contribution < 1.29 is 19.8 Å². The van der Waals surface area contributed by atoms with Crippen LogP contribution in [-0.4, -0.2) is 21.8 Å². The Morgan fingerprint density at radius 2 is 1.29 bits per heavy atom. The fourth-order valence-corrected chi connectivity index (χ4v) is 3.33. The maximum absolute atomic E-state index is 12.8. The summed E-state index contributed by atoms with van der Waals surface area (Å²) in [6, 6.07) is 9.43. The third-order valence-electron chi connectivity index (χ3n) is 4.40. The van der Waals surface area contributed by atoms with Crippen LogP contribution < -0.4 is 0 Å². The van der Waals surface area contributed by atoms with Crippen LogP contribution in [0.3, 0.4) is 0 Å². The Morgan fingerprint density at radius 1 is 0.833 bits per heavy atom. The van der Waals surface area contributed by atoms with Gasteiger partial charge in [0.2, 0.25) is 0 Å². The highest BCUT2D eigenvalue weighted by molar-refractivity contribution is 6.34. The van der Waals surface area contributed by atoms with Crippen molar-refractivity contribution in [2.45, 2.75) is 6.92 Å². The van der Waals surface area contributed by atoms with E-state index in [1.54, 1.807) is 25.1 Å². The number of aryl methyl sites for hydroxylation is 1. The molecule has 0 heterocycles. The van der Waals surface area contributed by atoms with Crippen LogP contribution in [0, 0.1) is 6.92 Å². The lowest BCUT2D eigenvalue weighted by atomic mass is 9.81. The van der Waals surface area contributed by atoms with Crippen LogP contribution in [0.2, 0.25) is 5.02 Å². The van der Waals surface area contributed by atoms with Crippen LogP contribution >= 0.6 is 11.6 Å². The summed E-state index contributed by atoms with van der Waals surface area (Å²) in [5.41, 5.74) is 0.778. The average molecular weight is 339 g/mol. The molecule has 3 aromatic rings. The first-order chi connectivity index (χ1) is 11.4. The SMILES string of the molecule is Cc1cc2c(O)c3c(c(O)c2cc1Cl)C(=O)c1ccccc1C3=O. The third-order valence-corrected chi connectivity index (χ3v) is 4.81. The first-order valence-electron chi connectivity index (χ1n) is 7.28. The van der Waals surface area contributed by atoms with Crippen LogP contribution in [0.4, 0.5) is 0 Å². The Morgan fingerprint density at radius 3 is 1.79 bits per heavy atom. The van der Waals surface area contributed by atoms with Crippen LogP contribution in [0.15, 0.2) is 36.4 Å². The molecule has 0 amide bonds. The Bertz CT molecular complexity index is 997. The molecule has 1 aliphatic rings. The van der Waals surface area contributed by atoms with E-state index in [1.165, 1.54) is 18.2 Å². The van der Waals surface area contributed by atoms with Crippen molar-refractivity contribution in [2.75, 3.05) is 0 Å². The number of phenolic OH excluding ortho intramolecular Hbond substituents is 2. The van der Waals surface area contributed by atoms with E-state index < -0.39 is 11.6 Å². The lowest BCUT2D eigenvalue weighted by Gasteiger charge is -2.21. The van der Waals surface area contributed by atoms with Gasteiger partial charge in [0.1, 0.15) is 11.5 Å². The van der Waals surface area contributed by atoms with Gasteiger partial charge in [-0.15, -0.1) is 0 Å². The molecule has 0 radical (unpaired) electrons. The lowest BCUT2D eigenvalue weighted by molar-refractivity contribution is 0.0974. The second-order valence-electron chi connectivity index (χ2n) is 5.80. The van der Waals surface area contributed by atoms with Gasteiger partial charge in [-0.05, 0) is 24.6 Å². The van der Waals surface area contributed by atoms with E-state index in [-0.39, 0.29) is 44.5 Å². The Kier molecular flexibility index (Phi) is 2.96. The topological polar surface area (TPSA) is 74.6 Å². The summed E-state index contributed by atoms with van der Waals surface area (Å²) >= 11 is 6.10. The minimum atomic E-state index is -0.494. The number of ketones is 2. The summed E-state index contributed by atoms with van der Waals surface area (Å²) < 4.78 is 0. The van der Waals surface area contributed by atoms with Crippen LogP contribution in [0.1, 0.15) is 37.4 Å². The minimum absolute atomic E-state index is 0.162. The standard InChI is InChI=1S/C19H11ClO4/c1-8-6-11-12(7-13(8)20)19(24)15-14(18(11)23)16(21)9-4-2-3-5-10(9)17(15)22/h2-7,23-24H,1H3. The Labute approximate surface area is 141 Å². The summed E-state index contributed by atoms with van der Waals surface area (Å²) in [4.78, 5) is 25.5. The van der Waals surface area contributed by atoms with Gasteiger partial charge in [-0.25, -0.2) is 0 Å². The molecule has 4 rings (SSSR count). The highest BCUT2D eigenvalue weighted by Gasteiger charge is 2.36. The van der Waals surface area contributed by atoms with Gasteiger partial charge in [0, 0.05) is 26.9 Å². The summed E-state index contributed by atoms with van der Waals surface area (Å²) in [7, 11) is 0. The molecular weight excluding hydrogens is 328 g/mol. The first kappa shape index (κ1) is 14.7. The van der Waals surface area contributed by atoms with E-state index in [0.29, 0.717) is 10.6 Å². The van der Waals surface area contributed by atoms with Crippen molar-refractivity contribution in [3.05, 3.63) is 69.2 Å². The van der Waals surface area contributed by atoms with Crippen LogP contribution in [0.5, 0.6) is 11.5 Å². The fraction of sp³-hybridized carbons (Fsp3) is 0.0526. The summed E-state index contributed by atoms with van der Waals surface area (Å²) in [5, 5.41) is 22.1. The van der Waals surface area contributed by atoms with Crippen molar-refractivity contribution in [1.29, 1.82) is 0 Å². The minimum Gasteiger partial charge on any atom is -0.506 e. The maximum atomic E-state index is 12.8. The van der Waals surface area contributed by atoms with Gasteiger partial charge in [0.25, 0.3) is 0 Å². The number of carbonyl (C=O) groups excluding carboxylic acids is 2. The number of rotatable bonds is 0. The first-order valence-corrected chi connectivity index (χ1v) is 7.65. The second-order valence-corrected chi connectivity index (χ2v) is 6.21. The van der Waals surface area contributed by atoms with E-state index in [2.05, 4.69) is 0 Å². The average Bonchev–Trinajstić information content (AvgIpc) is 2.57. The lowest BCUT2D eigenvalue weighted by Crippen LogP contribution is -2.21. The molecule has 24 heavy (non-hydrogen) atoms. The Balaban J connectivity index is 2.19. The van der Waals surface area contributed by atoms with Gasteiger partial charge >= 0.3 is 0 Å². The molecule has 0 fully saturated rings. The summed E-state index contributed by atoms with van der Waals surface area (Å²) in [5.74, 6) is -1.63. The predicted octanol–water partition coefficient (Wildman–Crippen LogP) is 3.99. The largest absolute Gasteiger partial charge is 0.506 e. The number of halogens is 1. The highest BCUT2D eigenvalue weighted by Crippen LogP contribution is 2.45. The highest BCUT2D eigenvalue weighted by atomic mass is 35.5. The smallest absolute Gasteiger partial charge is 0.198 e. The monoisotopic (exact) mass is 338 g/mol. The zero-order valence-corrected chi connectivity index (χ0v) is 13.3. The number of hydrogen-bond acceptors (Lipinski definition) is 4. The van der Waals surface area contributed by atoms with E-state index in [1.807, 2.05) is 0 Å².